The summed E-state index contributed by atoms with van der Waals surface area (Å²) in [7, 11) is -3.02. The van der Waals surface area contributed by atoms with E-state index in [9.17, 15) is 18.0 Å². The van der Waals surface area contributed by atoms with E-state index in [4.69, 9.17) is 5.11 Å². The molecule has 0 bridgehead atoms. The van der Waals surface area contributed by atoms with Gasteiger partial charge in [0.1, 0.15) is 9.84 Å². The molecule has 8 heteroatoms. The van der Waals surface area contributed by atoms with E-state index in [0.29, 0.717) is 12.0 Å². The number of aromatic carboxylic acids is 1. The third-order valence-corrected chi connectivity index (χ3v) is 3.63. The van der Waals surface area contributed by atoms with Crippen LogP contribution >= 0.6 is 0 Å². The van der Waals surface area contributed by atoms with Crippen molar-refractivity contribution in [3.63, 3.8) is 0 Å². The second-order valence-corrected chi connectivity index (χ2v) is 6.86. The predicted molar refractivity (Wildman–Crippen MR) is 78.0 cm³/mol. The van der Waals surface area contributed by atoms with E-state index in [1.54, 1.807) is 12.1 Å². The molecule has 21 heavy (non-hydrogen) atoms. The predicted octanol–water partition coefficient (Wildman–Crippen LogP) is 0.619. The molecular weight excluding hydrogens is 296 g/mol. The van der Waals surface area contributed by atoms with Crippen molar-refractivity contribution in [2.45, 2.75) is 13.0 Å². The molecule has 0 heterocycles. The molecule has 2 amide bonds. The van der Waals surface area contributed by atoms with Crippen molar-refractivity contribution in [1.82, 2.24) is 10.6 Å². The standard InChI is InChI=1S/C13H18N2O5S/c1-21(19,20)7-3-6-14-13(18)15-9-10-4-2-5-11(8-10)12(16)17/h2,4-5,8H,3,6-7,9H2,1H3,(H,16,17)(H2,14,15,18). The van der Waals surface area contributed by atoms with Gasteiger partial charge in [-0.1, -0.05) is 12.1 Å². The van der Waals surface area contributed by atoms with Crippen molar-refractivity contribution < 1.29 is 23.1 Å². The molecule has 116 valence electrons. The van der Waals surface area contributed by atoms with E-state index in [2.05, 4.69) is 10.6 Å². The van der Waals surface area contributed by atoms with Crippen LogP contribution in [0.25, 0.3) is 0 Å². The van der Waals surface area contributed by atoms with Gasteiger partial charge in [-0.05, 0) is 24.1 Å². The van der Waals surface area contributed by atoms with Crippen LogP contribution in [0.1, 0.15) is 22.3 Å². The number of carboxylic acid groups (broad SMARTS) is 1. The van der Waals surface area contributed by atoms with E-state index < -0.39 is 21.8 Å². The van der Waals surface area contributed by atoms with Gasteiger partial charge in [0, 0.05) is 19.3 Å². The van der Waals surface area contributed by atoms with Gasteiger partial charge in [0.15, 0.2) is 0 Å². The first-order valence-electron chi connectivity index (χ1n) is 6.29. The van der Waals surface area contributed by atoms with Crippen molar-refractivity contribution in [3.8, 4) is 0 Å². The van der Waals surface area contributed by atoms with Gasteiger partial charge in [0.25, 0.3) is 0 Å². The Morgan fingerprint density at radius 2 is 1.95 bits per heavy atom. The zero-order chi connectivity index (χ0) is 15.9. The Morgan fingerprint density at radius 1 is 1.24 bits per heavy atom. The Morgan fingerprint density at radius 3 is 2.57 bits per heavy atom. The smallest absolute Gasteiger partial charge is 0.335 e. The van der Waals surface area contributed by atoms with E-state index in [1.165, 1.54) is 12.1 Å². The van der Waals surface area contributed by atoms with E-state index in [0.717, 1.165) is 6.26 Å². The number of hydrogen-bond acceptors (Lipinski definition) is 4. The number of nitrogens with one attached hydrogen (secondary N) is 2. The third kappa shape index (κ3) is 7.31. The van der Waals surface area contributed by atoms with Crippen molar-refractivity contribution >= 4 is 21.8 Å². The van der Waals surface area contributed by atoms with Gasteiger partial charge in [0.2, 0.25) is 0 Å². The largest absolute Gasteiger partial charge is 0.478 e. The molecular formula is C13H18N2O5S. The first-order chi connectivity index (χ1) is 9.78. The second kappa shape index (κ2) is 7.63. The molecule has 0 aliphatic carbocycles. The SMILES string of the molecule is CS(=O)(=O)CCCNC(=O)NCc1cccc(C(=O)O)c1. The maximum atomic E-state index is 11.5. The monoisotopic (exact) mass is 314 g/mol. The molecule has 0 unspecified atom stereocenters. The average Bonchev–Trinajstić information content (AvgIpc) is 2.40. The van der Waals surface area contributed by atoms with Crippen molar-refractivity contribution in [1.29, 1.82) is 0 Å². The van der Waals surface area contributed by atoms with E-state index in [-0.39, 0.29) is 24.4 Å². The summed E-state index contributed by atoms with van der Waals surface area (Å²) < 4.78 is 21.8. The van der Waals surface area contributed by atoms with Gasteiger partial charge in [0.05, 0.1) is 11.3 Å². The molecule has 0 saturated heterocycles. The lowest BCUT2D eigenvalue weighted by Gasteiger charge is -2.08. The highest BCUT2D eigenvalue weighted by atomic mass is 32.2. The number of carbonyl (C=O) groups excluding carboxylic acids is 1. The minimum absolute atomic E-state index is 0.0218. The average molecular weight is 314 g/mol. The Labute approximate surface area is 123 Å². The molecule has 7 nitrogen and oxygen atoms in total. The second-order valence-electron chi connectivity index (χ2n) is 4.60. The molecule has 0 fully saturated rings. The molecule has 3 N–H and O–H groups in total. The van der Waals surface area contributed by atoms with Crippen LogP contribution < -0.4 is 10.6 Å². The van der Waals surface area contributed by atoms with Crippen LogP contribution in [0.4, 0.5) is 4.79 Å². The highest BCUT2D eigenvalue weighted by Gasteiger charge is 2.05. The minimum atomic E-state index is -3.02. The number of urea groups is 1. The summed E-state index contributed by atoms with van der Waals surface area (Å²) in [6.45, 7) is 0.451. The Kier molecular flexibility index (Phi) is 6.16. The highest BCUT2D eigenvalue weighted by molar-refractivity contribution is 7.90. The number of carboxylic acids is 1. The van der Waals surface area contributed by atoms with Crippen molar-refractivity contribution in [3.05, 3.63) is 35.4 Å². The van der Waals surface area contributed by atoms with Crippen LogP contribution in [-0.2, 0) is 16.4 Å². The molecule has 1 aromatic rings. The fraction of sp³-hybridized carbons (Fsp3) is 0.385. The highest BCUT2D eigenvalue weighted by Crippen LogP contribution is 2.04. The fourth-order valence-electron chi connectivity index (χ4n) is 1.60. The first kappa shape index (κ1) is 17.0. The zero-order valence-corrected chi connectivity index (χ0v) is 12.4. The lowest BCUT2D eigenvalue weighted by atomic mass is 10.1. The molecule has 0 saturated carbocycles. The van der Waals surface area contributed by atoms with Crippen LogP contribution in [0, 0.1) is 0 Å². The van der Waals surface area contributed by atoms with Crippen LogP contribution in [0.5, 0.6) is 0 Å². The number of benzene rings is 1. The van der Waals surface area contributed by atoms with Crippen LogP contribution in [0.3, 0.4) is 0 Å². The maximum absolute atomic E-state index is 11.5. The Bertz CT molecular complexity index is 613. The molecule has 0 spiro atoms. The summed E-state index contributed by atoms with van der Waals surface area (Å²) in [6.07, 6.45) is 1.49. The Balaban J connectivity index is 2.33. The summed E-state index contributed by atoms with van der Waals surface area (Å²) >= 11 is 0. The van der Waals surface area contributed by atoms with Crippen molar-refractivity contribution in [2.24, 2.45) is 0 Å². The van der Waals surface area contributed by atoms with E-state index >= 15 is 0 Å². The number of carbonyl (C=O) groups is 2. The zero-order valence-electron chi connectivity index (χ0n) is 11.6. The molecule has 0 aliphatic heterocycles. The van der Waals surface area contributed by atoms with Crippen LogP contribution in [0.15, 0.2) is 24.3 Å². The van der Waals surface area contributed by atoms with Gasteiger partial charge < -0.3 is 15.7 Å². The number of sulfone groups is 1. The van der Waals surface area contributed by atoms with Gasteiger partial charge in [-0.2, -0.15) is 0 Å². The number of rotatable bonds is 7. The van der Waals surface area contributed by atoms with Gasteiger partial charge in [-0.15, -0.1) is 0 Å². The van der Waals surface area contributed by atoms with Gasteiger partial charge in [-0.25, -0.2) is 18.0 Å². The molecule has 1 aromatic carbocycles. The van der Waals surface area contributed by atoms with Crippen molar-refractivity contribution in [2.75, 3.05) is 18.6 Å². The quantitative estimate of drug-likeness (QED) is 0.639. The maximum Gasteiger partial charge on any atom is 0.335 e. The molecule has 0 radical (unpaired) electrons. The number of amides is 2. The lowest BCUT2D eigenvalue weighted by molar-refractivity contribution is 0.0696. The molecule has 1 rings (SSSR count). The Hall–Kier alpha value is -2.09. The van der Waals surface area contributed by atoms with Crippen LogP contribution in [0.2, 0.25) is 0 Å². The van der Waals surface area contributed by atoms with Crippen LogP contribution in [-0.4, -0.2) is 44.1 Å². The summed E-state index contributed by atoms with van der Waals surface area (Å²) in [4.78, 5) is 22.3. The molecule has 0 aliphatic rings. The van der Waals surface area contributed by atoms with Gasteiger partial charge in [-0.3, -0.25) is 0 Å². The fourth-order valence-corrected chi connectivity index (χ4v) is 2.26. The topological polar surface area (TPSA) is 113 Å². The number of hydrogen-bond donors (Lipinski definition) is 3. The summed E-state index contributed by atoms with van der Waals surface area (Å²) in [5, 5.41) is 13.9. The van der Waals surface area contributed by atoms with Gasteiger partial charge >= 0.3 is 12.0 Å². The molecule has 0 aromatic heterocycles. The van der Waals surface area contributed by atoms with E-state index in [1.807, 2.05) is 0 Å². The first-order valence-corrected chi connectivity index (χ1v) is 8.35. The third-order valence-electron chi connectivity index (χ3n) is 2.60. The molecule has 0 atom stereocenters. The summed E-state index contributed by atoms with van der Waals surface area (Å²) in [6, 6.07) is 5.83. The lowest BCUT2D eigenvalue weighted by Crippen LogP contribution is -2.36. The normalized spacial score (nSPS) is 10.9. The summed E-state index contributed by atoms with van der Waals surface area (Å²) in [5.74, 6) is -1.00. The summed E-state index contributed by atoms with van der Waals surface area (Å²) in [5.41, 5.74) is 0.823. The minimum Gasteiger partial charge on any atom is -0.478 e.